The molecule has 1 amide bonds. The summed E-state index contributed by atoms with van der Waals surface area (Å²) in [4.78, 5) is 11.0. The normalized spacial score (nSPS) is 20.1. The minimum Gasteiger partial charge on any atom is -0.464 e. The van der Waals surface area contributed by atoms with Crippen LogP contribution < -0.4 is 10.6 Å². The van der Waals surface area contributed by atoms with Gasteiger partial charge in [0.1, 0.15) is 11.5 Å². The fraction of sp³-hybridized carbons (Fsp3) is 0.545. The number of rotatable bonds is 5. The Bertz CT molecular complexity index is 365. The number of furan rings is 1. The summed E-state index contributed by atoms with van der Waals surface area (Å²) in [5, 5.41) is 6.10. The number of carbonyl (C=O) groups excluding carboxylic acids is 1. The topological polar surface area (TPSA) is 54.3 Å². The van der Waals surface area contributed by atoms with E-state index >= 15 is 0 Å². The van der Waals surface area contributed by atoms with Crippen molar-refractivity contribution in [3.05, 3.63) is 23.7 Å². The van der Waals surface area contributed by atoms with Gasteiger partial charge in [0.15, 0.2) is 0 Å². The Balaban J connectivity index is 1.78. The Hall–Kier alpha value is -0.940. The fourth-order valence-electron chi connectivity index (χ4n) is 1.73. The van der Waals surface area contributed by atoms with Gasteiger partial charge in [0.2, 0.25) is 5.91 Å². The molecule has 1 atom stereocenters. The zero-order valence-corrected chi connectivity index (χ0v) is 10.1. The van der Waals surface area contributed by atoms with Crippen LogP contribution in [0.4, 0.5) is 0 Å². The van der Waals surface area contributed by atoms with E-state index in [2.05, 4.69) is 16.9 Å². The molecular weight excluding hydrogens is 224 g/mol. The quantitative estimate of drug-likeness (QED) is 0.810. The summed E-state index contributed by atoms with van der Waals surface area (Å²) in [5.74, 6) is 2.97. The highest BCUT2D eigenvalue weighted by Crippen LogP contribution is 2.13. The molecule has 1 aromatic rings. The lowest BCUT2D eigenvalue weighted by Crippen LogP contribution is -2.30. The van der Waals surface area contributed by atoms with Crippen molar-refractivity contribution in [3.8, 4) is 0 Å². The van der Waals surface area contributed by atoms with E-state index < -0.39 is 0 Å². The van der Waals surface area contributed by atoms with Crippen molar-refractivity contribution in [2.75, 3.05) is 12.8 Å². The average molecular weight is 240 g/mol. The van der Waals surface area contributed by atoms with Crippen LogP contribution in [0.15, 0.2) is 16.5 Å². The van der Waals surface area contributed by atoms with Crippen molar-refractivity contribution < 1.29 is 9.21 Å². The van der Waals surface area contributed by atoms with Gasteiger partial charge in [-0.2, -0.15) is 11.8 Å². The summed E-state index contributed by atoms with van der Waals surface area (Å²) in [6.07, 6.45) is 2.62. The van der Waals surface area contributed by atoms with Gasteiger partial charge in [-0.15, -0.1) is 0 Å². The molecule has 88 valence electrons. The highest BCUT2D eigenvalue weighted by atomic mass is 32.2. The Kier molecular flexibility index (Phi) is 3.90. The molecule has 0 radical (unpaired) electrons. The molecular formula is C11H16N2O2S. The molecule has 1 saturated heterocycles. The first-order chi connectivity index (χ1) is 7.78. The molecule has 16 heavy (non-hydrogen) atoms. The van der Waals surface area contributed by atoms with Crippen LogP contribution in [0.1, 0.15) is 17.9 Å². The maximum absolute atomic E-state index is 11.0. The molecule has 0 aliphatic carbocycles. The average Bonchev–Trinajstić information content (AvgIpc) is 2.85. The largest absolute Gasteiger partial charge is 0.464 e. The molecule has 0 aromatic carbocycles. The SMILES string of the molecule is CSCc1ccc(CNC2CNC(=O)C2)o1. The second-order valence-corrected chi connectivity index (χ2v) is 4.75. The molecule has 4 nitrogen and oxygen atoms in total. The van der Waals surface area contributed by atoms with Crippen LogP contribution in [0.5, 0.6) is 0 Å². The number of hydrogen-bond donors (Lipinski definition) is 2. The second kappa shape index (κ2) is 5.41. The van der Waals surface area contributed by atoms with Crippen LogP contribution in [-0.2, 0) is 17.1 Å². The number of thioether (sulfide) groups is 1. The maximum Gasteiger partial charge on any atom is 0.221 e. The molecule has 2 rings (SSSR count). The standard InChI is InChI=1S/C11H16N2O2S/c1-16-7-10-3-2-9(15-10)6-12-8-4-11(14)13-5-8/h2-3,8,12H,4-7H2,1H3,(H,13,14). The third-order valence-corrected chi connectivity index (χ3v) is 3.12. The molecule has 2 N–H and O–H groups in total. The number of hydrogen-bond acceptors (Lipinski definition) is 4. The van der Waals surface area contributed by atoms with Crippen molar-refractivity contribution in [1.82, 2.24) is 10.6 Å². The lowest BCUT2D eigenvalue weighted by Gasteiger charge is -2.07. The first-order valence-electron chi connectivity index (χ1n) is 5.34. The van der Waals surface area contributed by atoms with E-state index in [-0.39, 0.29) is 11.9 Å². The highest BCUT2D eigenvalue weighted by molar-refractivity contribution is 7.97. The molecule has 1 unspecified atom stereocenters. The zero-order chi connectivity index (χ0) is 11.4. The molecule has 0 spiro atoms. The predicted molar refractivity (Wildman–Crippen MR) is 64.2 cm³/mol. The van der Waals surface area contributed by atoms with Gasteiger partial charge in [0.05, 0.1) is 12.3 Å². The number of nitrogens with one attached hydrogen (secondary N) is 2. The van der Waals surface area contributed by atoms with E-state index in [1.165, 1.54) is 0 Å². The smallest absolute Gasteiger partial charge is 0.221 e. The summed E-state index contributed by atoms with van der Waals surface area (Å²) >= 11 is 1.74. The number of amides is 1. The van der Waals surface area contributed by atoms with E-state index in [4.69, 9.17) is 4.42 Å². The van der Waals surface area contributed by atoms with Gasteiger partial charge < -0.3 is 15.1 Å². The lowest BCUT2D eigenvalue weighted by molar-refractivity contribution is -0.119. The van der Waals surface area contributed by atoms with Crippen LogP contribution in [0.3, 0.4) is 0 Å². The fourth-order valence-corrected chi connectivity index (χ4v) is 2.17. The third-order valence-electron chi connectivity index (χ3n) is 2.55. The molecule has 2 heterocycles. The van der Waals surface area contributed by atoms with Gasteiger partial charge in [0, 0.05) is 19.0 Å². The molecule has 1 fully saturated rings. The van der Waals surface area contributed by atoms with Gasteiger partial charge >= 0.3 is 0 Å². The van der Waals surface area contributed by atoms with E-state index in [9.17, 15) is 4.79 Å². The van der Waals surface area contributed by atoms with Crippen molar-refractivity contribution in [2.24, 2.45) is 0 Å². The Morgan fingerprint density at radius 3 is 3.06 bits per heavy atom. The second-order valence-electron chi connectivity index (χ2n) is 3.89. The molecule has 1 aromatic heterocycles. The van der Waals surface area contributed by atoms with Crippen LogP contribution in [0, 0.1) is 0 Å². The van der Waals surface area contributed by atoms with Crippen LogP contribution in [0.2, 0.25) is 0 Å². The Morgan fingerprint density at radius 2 is 2.38 bits per heavy atom. The van der Waals surface area contributed by atoms with Gasteiger partial charge in [-0.05, 0) is 18.4 Å². The van der Waals surface area contributed by atoms with Crippen molar-refractivity contribution >= 4 is 17.7 Å². The highest BCUT2D eigenvalue weighted by Gasteiger charge is 2.20. The van der Waals surface area contributed by atoms with Crippen molar-refractivity contribution in [2.45, 2.75) is 24.8 Å². The van der Waals surface area contributed by atoms with Gasteiger partial charge in [-0.3, -0.25) is 4.79 Å². The van der Waals surface area contributed by atoms with Crippen molar-refractivity contribution in [3.63, 3.8) is 0 Å². The predicted octanol–water partition coefficient (Wildman–Crippen LogP) is 1.12. The molecule has 0 bridgehead atoms. The summed E-state index contributed by atoms with van der Waals surface area (Å²) in [6.45, 7) is 1.41. The summed E-state index contributed by atoms with van der Waals surface area (Å²) in [7, 11) is 0. The number of carbonyl (C=O) groups is 1. The molecule has 1 aliphatic heterocycles. The third kappa shape index (κ3) is 3.02. The van der Waals surface area contributed by atoms with Crippen LogP contribution >= 0.6 is 11.8 Å². The zero-order valence-electron chi connectivity index (χ0n) is 9.29. The van der Waals surface area contributed by atoms with Crippen molar-refractivity contribution in [1.29, 1.82) is 0 Å². The van der Waals surface area contributed by atoms with Gasteiger partial charge in [-0.25, -0.2) is 0 Å². The van der Waals surface area contributed by atoms with E-state index in [1.54, 1.807) is 11.8 Å². The van der Waals surface area contributed by atoms with E-state index in [0.717, 1.165) is 23.8 Å². The summed E-state index contributed by atoms with van der Waals surface area (Å²) in [5.41, 5.74) is 0. The Labute approximate surface area is 99.2 Å². The monoisotopic (exact) mass is 240 g/mol. The molecule has 5 heteroatoms. The summed E-state index contributed by atoms with van der Waals surface area (Å²) in [6, 6.07) is 4.23. The van der Waals surface area contributed by atoms with Gasteiger partial charge in [0.25, 0.3) is 0 Å². The van der Waals surface area contributed by atoms with Crippen LogP contribution in [0.25, 0.3) is 0 Å². The van der Waals surface area contributed by atoms with E-state index in [0.29, 0.717) is 13.0 Å². The Morgan fingerprint density at radius 1 is 1.56 bits per heavy atom. The van der Waals surface area contributed by atoms with Gasteiger partial charge in [-0.1, -0.05) is 0 Å². The van der Waals surface area contributed by atoms with Crippen LogP contribution in [-0.4, -0.2) is 24.7 Å². The minimum absolute atomic E-state index is 0.125. The molecule has 0 saturated carbocycles. The summed E-state index contributed by atoms with van der Waals surface area (Å²) < 4.78 is 5.62. The maximum atomic E-state index is 11.0. The minimum atomic E-state index is 0.125. The lowest BCUT2D eigenvalue weighted by atomic mass is 10.2. The molecule has 1 aliphatic rings. The first-order valence-corrected chi connectivity index (χ1v) is 6.74. The van der Waals surface area contributed by atoms with E-state index in [1.807, 2.05) is 12.1 Å². The first kappa shape index (κ1) is 11.5.